The molecule has 1 aliphatic heterocycles. The summed E-state index contributed by atoms with van der Waals surface area (Å²) in [6, 6.07) is 16.5. The molecule has 0 atom stereocenters. The number of nitrogens with one attached hydrogen (secondary N) is 1. The molecule has 0 spiro atoms. The standard InChI is InChI=1S/C26H26N2O8S2/c1-35-25(29)20-11-9-18(10-12-20)17-37(31,32)27-21-14-13-19-6-5-15-28(23(19)16-21)38(33,34)24-8-4-3-7-22(24)26(30)36-2/h3-4,7-14,16,27H,5-6,15,17H2,1-2H3. The van der Waals surface area contributed by atoms with Gasteiger partial charge in [-0.3, -0.25) is 9.03 Å². The van der Waals surface area contributed by atoms with Crippen LogP contribution in [0.25, 0.3) is 0 Å². The number of rotatable bonds is 8. The molecular formula is C26H26N2O8S2. The lowest BCUT2D eigenvalue weighted by Crippen LogP contribution is -2.36. The zero-order valence-electron chi connectivity index (χ0n) is 20.7. The molecule has 0 aliphatic carbocycles. The van der Waals surface area contributed by atoms with E-state index in [1.54, 1.807) is 18.2 Å². The van der Waals surface area contributed by atoms with Crippen LogP contribution >= 0.6 is 0 Å². The van der Waals surface area contributed by atoms with Crippen molar-refractivity contribution in [2.24, 2.45) is 0 Å². The highest BCUT2D eigenvalue weighted by atomic mass is 32.2. The summed E-state index contributed by atoms with van der Waals surface area (Å²) in [5.41, 5.74) is 1.92. The number of esters is 2. The number of fused-ring (bicyclic) bond motifs is 1. The van der Waals surface area contributed by atoms with Gasteiger partial charge in [0.05, 0.1) is 42.5 Å². The molecule has 1 heterocycles. The molecule has 0 amide bonds. The molecule has 3 aromatic rings. The van der Waals surface area contributed by atoms with Gasteiger partial charge in [0.25, 0.3) is 10.0 Å². The molecule has 1 aliphatic rings. The van der Waals surface area contributed by atoms with Gasteiger partial charge >= 0.3 is 11.9 Å². The van der Waals surface area contributed by atoms with Gasteiger partial charge < -0.3 is 9.47 Å². The third kappa shape index (κ3) is 5.65. The molecule has 3 aromatic carbocycles. The highest BCUT2D eigenvalue weighted by Gasteiger charge is 2.32. The Bertz CT molecular complexity index is 1580. The third-order valence-corrected chi connectivity index (χ3v) is 9.16. The van der Waals surface area contributed by atoms with Crippen molar-refractivity contribution < 1.29 is 35.9 Å². The number of ether oxygens (including phenoxy) is 2. The zero-order valence-corrected chi connectivity index (χ0v) is 22.3. The molecule has 12 heteroatoms. The van der Waals surface area contributed by atoms with E-state index in [1.165, 1.54) is 67.1 Å². The minimum absolute atomic E-state index is 0.0859. The first kappa shape index (κ1) is 27.1. The maximum Gasteiger partial charge on any atom is 0.339 e. The number of anilines is 2. The topological polar surface area (TPSA) is 136 Å². The van der Waals surface area contributed by atoms with Gasteiger partial charge in [-0.15, -0.1) is 0 Å². The molecule has 10 nitrogen and oxygen atoms in total. The lowest BCUT2D eigenvalue weighted by molar-refractivity contribution is 0.0589. The zero-order chi connectivity index (χ0) is 27.5. The van der Waals surface area contributed by atoms with Crippen LogP contribution in [0.2, 0.25) is 0 Å². The van der Waals surface area contributed by atoms with Gasteiger partial charge in [0.2, 0.25) is 10.0 Å². The Labute approximate surface area is 221 Å². The van der Waals surface area contributed by atoms with E-state index in [2.05, 4.69) is 9.46 Å². The fourth-order valence-corrected chi connectivity index (χ4v) is 7.14. The van der Waals surface area contributed by atoms with E-state index in [0.717, 1.165) is 5.56 Å². The second-order valence-electron chi connectivity index (χ2n) is 8.56. The monoisotopic (exact) mass is 558 g/mol. The van der Waals surface area contributed by atoms with Crippen LogP contribution in [0, 0.1) is 0 Å². The highest BCUT2D eigenvalue weighted by Crippen LogP contribution is 2.35. The van der Waals surface area contributed by atoms with Crippen molar-refractivity contribution >= 4 is 43.4 Å². The van der Waals surface area contributed by atoms with Crippen LogP contribution in [0.1, 0.15) is 38.3 Å². The quantitative estimate of drug-likeness (QED) is 0.416. The maximum absolute atomic E-state index is 13.7. The average Bonchev–Trinajstić information content (AvgIpc) is 2.91. The number of nitrogens with zero attached hydrogens (tertiary/aromatic N) is 1. The van der Waals surface area contributed by atoms with Crippen molar-refractivity contribution in [3.05, 3.63) is 89.0 Å². The first-order valence-corrected chi connectivity index (χ1v) is 14.7. The van der Waals surface area contributed by atoms with E-state index >= 15 is 0 Å². The van der Waals surface area contributed by atoms with Crippen LogP contribution < -0.4 is 9.03 Å². The van der Waals surface area contributed by atoms with Crippen LogP contribution in [0.4, 0.5) is 11.4 Å². The molecule has 0 radical (unpaired) electrons. The normalized spacial score (nSPS) is 13.4. The number of benzene rings is 3. The summed E-state index contributed by atoms with van der Waals surface area (Å²) in [5.74, 6) is -1.66. The highest BCUT2D eigenvalue weighted by molar-refractivity contribution is 7.93. The van der Waals surface area contributed by atoms with Crippen LogP contribution in [0.3, 0.4) is 0 Å². The minimum atomic E-state index is -4.17. The molecular weight excluding hydrogens is 532 g/mol. The van der Waals surface area contributed by atoms with Crippen molar-refractivity contribution in [1.82, 2.24) is 0 Å². The summed E-state index contributed by atoms with van der Waals surface area (Å²) < 4.78 is 66.2. The Morgan fingerprint density at radius 1 is 0.895 bits per heavy atom. The van der Waals surface area contributed by atoms with Crippen molar-refractivity contribution in [2.75, 3.05) is 29.8 Å². The predicted molar refractivity (Wildman–Crippen MR) is 141 cm³/mol. The molecule has 0 unspecified atom stereocenters. The molecule has 200 valence electrons. The second kappa shape index (κ2) is 10.8. The summed E-state index contributed by atoms with van der Waals surface area (Å²) >= 11 is 0. The van der Waals surface area contributed by atoms with Gasteiger partial charge in [0.15, 0.2) is 0 Å². The SMILES string of the molecule is COC(=O)c1ccc(CS(=O)(=O)Nc2ccc3c(c2)N(S(=O)(=O)c2ccccc2C(=O)OC)CCC3)cc1. The fourth-order valence-electron chi connectivity index (χ4n) is 4.23. The Balaban J connectivity index is 1.62. The number of hydrogen-bond acceptors (Lipinski definition) is 8. The van der Waals surface area contributed by atoms with E-state index < -0.39 is 32.0 Å². The van der Waals surface area contributed by atoms with E-state index in [4.69, 9.17) is 4.74 Å². The number of aryl methyl sites for hydroxylation is 1. The lowest BCUT2D eigenvalue weighted by atomic mass is 10.0. The number of sulfonamides is 2. The summed E-state index contributed by atoms with van der Waals surface area (Å²) in [4.78, 5) is 23.6. The van der Waals surface area contributed by atoms with Crippen LogP contribution in [-0.2, 0) is 41.7 Å². The second-order valence-corrected chi connectivity index (χ2v) is 12.1. The number of carbonyl (C=O) groups excluding carboxylic acids is 2. The molecule has 0 saturated heterocycles. The predicted octanol–water partition coefficient (Wildman–Crippen LogP) is 3.34. The third-order valence-electron chi connectivity index (χ3n) is 6.03. The van der Waals surface area contributed by atoms with Gasteiger partial charge in [0, 0.05) is 6.54 Å². The Hall–Kier alpha value is -3.90. The van der Waals surface area contributed by atoms with Crippen molar-refractivity contribution in [3.63, 3.8) is 0 Å². The van der Waals surface area contributed by atoms with Crippen molar-refractivity contribution in [1.29, 1.82) is 0 Å². The molecule has 0 fully saturated rings. The lowest BCUT2D eigenvalue weighted by Gasteiger charge is -2.31. The first-order valence-electron chi connectivity index (χ1n) is 11.6. The van der Waals surface area contributed by atoms with Gasteiger partial charge in [-0.05, 0) is 60.4 Å². The van der Waals surface area contributed by atoms with Gasteiger partial charge in [-0.25, -0.2) is 26.4 Å². The molecule has 0 saturated carbocycles. The minimum Gasteiger partial charge on any atom is -0.465 e. The molecule has 0 aromatic heterocycles. The smallest absolute Gasteiger partial charge is 0.339 e. The Morgan fingerprint density at radius 3 is 2.26 bits per heavy atom. The van der Waals surface area contributed by atoms with Crippen LogP contribution in [0.5, 0.6) is 0 Å². The summed E-state index contributed by atoms with van der Waals surface area (Å²) in [5, 5.41) is 0. The maximum atomic E-state index is 13.7. The summed E-state index contributed by atoms with van der Waals surface area (Å²) in [6.45, 7) is 0.160. The first-order chi connectivity index (χ1) is 18.1. The van der Waals surface area contributed by atoms with Crippen molar-refractivity contribution in [3.8, 4) is 0 Å². The van der Waals surface area contributed by atoms with Crippen LogP contribution in [-0.4, -0.2) is 49.5 Å². The molecule has 1 N–H and O–H groups in total. The fraction of sp³-hybridized carbons (Fsp3) is 0.231. The number of methoxy groups -OCH3 is 2. The summed E-state index contributed by atoms with van der Waals surface area (Å²) in [7, 11) is -5.61. The Kier molecular flexibility index (Phi) is 7.74. The number of hydrogen-bond donors (Lipinski definition) is 1. The van der Waals surface area contributed by atoms with E-state index in [0.29, 0.717) is 29.7 Å². The van der Waals surface area contributed by atoms with E-state index in [-0.39, 0.29) is 28.4 Å². The largest absolute Gasteiger partial charge is 0.465 e. The molecule has 0 bridgehead atoms. The molecule has 4 rings (SSSR count). The molecule has 38 heavy (non-hydrogen) atoms. The van der Waals surface area contributed by atoms with Crippen molar-refractivity contribution in [2.45, 2.75) is 23.5 Å². The van der Waals surface area contributed by atoms with Crippen LogP contribution in [0.15, 0.2) is 71.6 Å². The van der Waals surface area contributed by atoms with Gasteiger partial charge in [-0.2, -0.15) is 0 Å². The van der Waals surface area contributed by atoms with Gasteiger partial charge in [-0.1, -0.05) is 30.3 Å². The average molecular weight is 559 g/mol. The van der Waals surface area contributed by atoms with E-state index in [9.17, 15) is 26.4 Å². The van der Waals surface area contributed by atoms with Gasteiger partial charge in [0.1, 0.15) is 4.90 Å². The van der Waals surface area contributed by atoms with E-state index in [1.807, 2.05) is 0 Å². The number of carbonyl (C=O) groups is 2. The summed E-state index contributed by atoms with van der Waals surface area (Å²) in [6.07, 6.45) is 1.17. The Morgan fingerprint density at radius 2 is 1.58 bits per heavy atom.